The standard InChI is InChI=1S/C15H17Cl3N2/c16-6-5-15-19-13-7-11(17)12(18)8-14(13)20(15)9-10-3-1-2-4-10/h7-8,10H,1-6,9H2. The lowest BCUT2D eigenvalue weighted by molar-refractivity contribution is 0.455. The minimum absolute atomic E-state index is 0.558. The molecule has 0 N–H and O–H groups in total. The summed E-state index contributed by atoms with van der Waals surface area (Å²) in [7, 11) is 0. The van der Waals surface area contributed by atoms with E-state index in [9.17, 15) is 0 Å². The van der Waals surface area contributed by atoms with Crippen LogP contribution in [0.2, 0.25) is 10.0 Å². The van der Waals surface area contributed by atoms with Crippen LogP contribution in [0.25, 0.3) is 11.0 Å². The van der Waals surface area contributed by atoms with E-state index < -0.39 is 0 Å². The van der Waals surface area contributed by atoms with Gasteiger partial charge in [-0.2, -0.15) is 0 Å². The number of aryl methyl sites for hydroxylation is 1. The van der Waals surface area contributed by atoms with Gasteiger partial charge in [0.25, 0.3) is 0 Å². The van der Waals surface area contributed by atoms with E-state index >= 15 is 0 Å². The van der Waals surface area contributed by atoms with Crippen molar-refractivity contribution in [3.05, 3.63) is 28.0 Å². The molecule has 1 aliphatic carbocycles. The minimum atomic E-state index is 0.558. The fourth-order valence-electron chi connectivity index (χ4n) is 3.10. The summed E-state index contributed by atoms with van der Waals surface area (Å²) < 4.78 is 2.29. The van der Waals surface area contributed by atoms with Crippen molar-refractivity contribution in [1.29, 1.82) is 0 Å². The summed E-state index contributed by atoms with van der Waals surface area (Å²) >= 11 is 18.2. The van der Waals surface area contributed by atoms with Crippen LogP contribution in [0.5, 0.6) is 0 Å². The first-order valence-electron chi connectivity index (χ1n) is 7.09. The van der Waals surface area contributed by atoms with E-state index in [4.69, 9.17) is 34.8 Å². The molecule has 1 aliphatic rings. The number of alkyl halides is 1. The second-order valence-corrected chi connectivity index (χ2v) is 6.68. The number of imidazole rings is 1. The van der Waals surface area contributed by atoms with Gasteiger partial charge < -0.3 is 4.57 Å². The zero-order valence-electron chi connectivity index (χ0n) is 11.2. The fourth-order valence-corrected chi connectivity index (χ4v) is 3.59. The smallest absolute Gasteiger partial charge is 0.111 e. The third-order valence-corrected chi connectivity index (χ3v) is 5.01. The fraction of sp³-hybridized carbons (Fsp3) is 0.533. The molecule has 0 aliphatic heterocycles. The lowest BCUT2D eigenvalue weighted by atomic mass is 10.1. The van der Waals surface area contributed by atoms with Gasteiger partial charge in [-0.1, -0.05) is 36.0 Å². The SMILES string of the molecule is ClCCc1nc2cc(Cl)c(Cl)cc2n1CC1CCCC1. The van der Waals surface area contributed by atoms with Crippen LogP contribution in [-0.4, -0.2) is 15.4 Å². The van der Waals surface area contributed by atoms with Crippen molar-refractivity contribution >= 4 is 45.8 Å². The summed E-state index contributed by atoms with van der Waals surface area (Å²) in [6.07, 6.45) is 6.07. The Balaban J connectivity index is 2.04. The van der Waals surface area contributed by atoms with E-state index in [1.807, 2.05) is 12.1 Å². The predicted molar refractivity (Wildman–Crippen MR) is 86.1 cm³/mol. The van der Waals surface area contributed by atoms with Crippen LogP contribution in [0.4, 0.5) is 0 Å². The summed E-state index contributed by atoms with van der Waals surface area (Å²) in [5.74, 6) is 2.37. The summed E-state index contributed by atoms with van der Waals surface area (Å²) in [6, 6.07) is 3.78. The van der Waals surface area contributed by atoms with Crippen molar-refractivity contribution in [2.24, 2.45) is 5.92 Å². The van der Waals surface area contributed by atoms with Gasteiger partial charge >= 0.3 is 0 Å². The first-order chi connectivity index (χ1) is 9.69. The number of halogens is 3. The Morgan fingerprint density at radius 1 is 1.15 bits per heavy atom. The highest BCUT2D eigenvalue weighted by atomic mass is 35.5. The topological polar surface area (TPSA) is 17.8 Å². The van der Waals surface area contributed by atoms with Crippen LogP contribution in [0.3, 0.4) is 0 Å². The minimum Gasteiger partial charge on any atom is -0.328 e. The van der Waals surface area contributed by atoms with Gasteiger partial charge in [-0.05, 0) is 30.9 Å². The van der Waals surface area contributed by atoms with Crippen LogP contribution >= 0.6 is 34.8 Å². The van der Waals surface area contributed by atoms with E-state index in [2.05, 4.69) is 9.55 Å². The Hall–Kier alpha value is -0.440. The van der Waals surface area contributed by atoms with Crippen molar-refractivity contribution < 1.29 is 0 Å². The molecular formula is C15H17Cl3N2. The van der Waals surface area contributed by atoms with Gasteiger partial charge in [-0.3, -0.25) is 0 Å². The highest BCUT2D eigenvalue weighted by molar-refractivity contribution is 6.42. The van der Waals surface area contributed by atoms with Gasteiger partial charge in [-0.25, -0.2) is 4.98 Å². The Morgan fingerprint density at radius 3 is 2.55 bits per heavy atom. The maximum atomic E-state index is 6.16. The Kier molecular flexibility index (Phi) is 4.44. The molecule has 0 bridgehead atoms. The Morgan fingerprint density at radius 2 is 1.85 bits per heavy atom. The number of hydrogen-bond donors (Lipinski definition) is 0. The molecule has 20 heavy (non-hydrogen) atoms. The van der Waals surface area contributed by atoms with E-state index in [0.717, 1.165) is 35.7 Å². The molecule has 0 radical (unpaired) electrons. The van der Waals surface area contributed by atoms with Gasteiger partial charge in [0.1, 0.15) is 5.82 Å². The zero-order valence-corrected chi connectivity index (χ0v) is 13.5. The average Bonchev–Trinajstić information content (AvgIpc) is 3.02. The van der Waals surface area contributed by atoms with E-state index in [1.54, 1.807) is 0 Å². The number of hydrogen-bond acceptors (Lipinski definition) is 1. The second kappa shape index (κ2) is 6.13. The van der Waals surface area contributed by atoms with Crippen molar-refractivity contribution in [1.82, 2.24) is 9.55 Å². The molecule has 5 heteroatoms. The first kappa shape index (κ1) is 14.5. The molecule has 0 spiro atoms. The van der Waals surface area contributed by atoms with Crippen LogP contribution < -0.4 is 0 Å². The molecule has 0 saturated heterocycles. The van der Waals surface area contributed by atoms with Crippen molar-refractivity contribution in [3.8, 4) is 0 Å². The Labute approximate surface area is 134 Å². The van der Waals surface area contributed by atoms with E-state index in [1.165, 1.54) is 25.7 Å². The van der Waals surface area contributed by atoms with Gasteiger partial charge in [0.15, 0.2) is 0 Å². The van der Waals surface area contributed by atoms with Gasteiger partial charge in [0, 0.05) is 18.8 Å². The van der Waals surface area contributed by atoms with Crippen LogP contribution in [0.1, 0.15) is 31.5 Å². The molecule has 108 valence electrons. The molecule has 0 atom stereocenters. The summed E-state index contributed by atoms with van der Waals surface area (Å²) in [4.78, 5) is 4.68. The first-order valence-corrected chi connectivity index (χ1v) is 8.38. The molecule has 1 heterocycles. The number of benzene rings is 1. The Bertz CT molecular complexity index is 615. The van der Waals surface area contributed by atoms with Gasteiger partial charge in [-0.15, -0.1) is 11.6 Å². The largest absolute Gasteiger partial charge is 0.328 e. The normalized spacial score (nSPS) is 16.4. The lowest BCUT2D eigenvalue weighted by Gasteiger charge is -2.14. The van der Waals surface area contributed by atoms with Crippen molar-refractivity contribution in [3.63, 3.8) is 0 Å². The van der Waals surface area contributed by atoms with Crippen molar-refractivity contribution in [2.75, 3.05) is 5.88 Å². The third-order valence-electron chi connectivity index (χ3n) is 4.10. The molecule has 2 nitrogen and oxygen atoms in total. The lowest BCUT2D eigenvalue weighted by Crippen LogP contribution is -2.11. The highest BCUT2D eigenvalue weighted by Crippen LogP contribution is 2.32. The van der Waals surface area contributed by atoms with Crippen LogP contribution in [0, 0.1) is 5.92 Å². The predicted octanol–water partition coefficient (Wildman–Crippen LogP) is 5.31. The molecule has 0 unspecified atom stereocenters. The maximum Gasteiger partial charge on any atom is 0.111 e. The molecule has 3 rings (SSSR count). The van der Waals surface area contributed by atoms with Crippen LogP contribution in [-0.2, 0) is 13.0 Å². The molecule has 1 aromatic carbocycles. The third kappa shape index (κ3) is 2.79. The molecular weight excluding hydrogens is 315 g/mol. The van der Waals surface area contributed by atoms with Crippen molar-refractivity contribution in [2.45, 2.75) is 38.6 Å². The molecule has 2 aromatic rings. The number of rotatable bonds is 4. The second-order valence-electron chi connectivity index (χ2n) is 5.48. The van der Waals surface area contributed by atoms with E-state index in [-0.39, 0.29) is 0 Å². The highest BCUT2D eigenvalue weighted by Gasteiger charge is 2.19. The zero-order chi connectivity index (χ0) is 14.1. The van der Waals surface area contributed by atoms with Gasteiger partial charge in [0.2, 0.25) is 0 Å². The average molecular weight is 332 g/mol. The number of aromatic nitrogens is 2. The molecule has 1 aromatic heterocycles. The number of fused-ring (bicyclic) bond motifs is 1. The summed E-state index contributed by atoms with van der Waals surface area (Å²) in [5, 5.41) is 1.14. The molecule has 0 amide bonds. The summed E-state index contributed by atoms with van der Waals surface area (Å²) in [6.45, 7) is 1.01. The summed E-state index contributed by atoms with van der Waals surface area (Å²) in [5.41, 5.74) is 1.99. The van der Waals surface area contributed by atoms with Gasteiger partial charge in [0.05, 0.1) is 21.1 Å². The van der Waals surface area contributed by atoms with Crippen LogP contribution in [0.15, 0.2) is 12.1 Å². The quantitative estimate of drug-likeness (QED) is 0.694. The monoisotopic (exact) mass is 330 g/mol. The molecule has 1 saturated carbocycles. The molecule has 1 fully saturated rings. The number of nitrogens with zero attached hydrogens (tertiary/aromatic N) is 2. The van der Waals surface area contributed by atoms with E-state index in [0.29, 0.717) is 15.9 Å². The maximum absolute atomic E-state index is 6.16.